The van der Waals surface area contributed by atoms with Gasteiger partial charge in [0, 0.05) is 18.8 Å². The Labute approximate surface area is 188 Å². The minimum absolute atomic E-state index is 0.0192. The van der Waals surface area contributed by atoms with Crippen LogP contribution in [0.15, 0.2) is 72.8 Å². The Bertz CT molecular complexity index is 1020. The molecule has 0 aliphatic carbocycles. The molecule has 6 nitrogen and oxygen atoms in total. The second kappa shape index (κ2) is 10.6. The minimum atomic E-state index is -0.0192. The maximum Gasteiger partial charge on any atom is 0.239 e. The third kappa shape index (κ3) is 5.72. The van der Waals surface area contributed by atoms with E-state index >= 15 is 0 Å². The second-order valence-corrected chi connectivity index (χ2v) is 7.62. The molecule has 0 saturated carbocycles. The molecular formula is C26H28N2O4. The van der Waals surface area contributed by atoms with E-state index < -0.39 is 0 Å². The number of methoxy groups -OCH3 is 1. The fourth-order valence-electron chi connectivity index (χ4n) is 3.65. The summed E-state index contributed by atoms with van der Waals surface area (Å²) in [6, 6.07) is 23.8. The maximum absolute atomic E-state index is 12.7. The molecule has 1 aliphatic heterocycles. The van der Waals surface area contributed by atoms with Crippen molar-refractivity contribution in [2.75, 3.05) is 38.3 Å². The molecule has 6 heteroatoms. The molecule has 1 aliphatic rings. The third-order valence-electron chi connectivity index (χ3n) is 5.33. The van der Waals surface area contributed by atoms with Crippen molar-refractivity contribution in [2.24, 2.45) is 0 Å². The lowest BCUT2D eigenvalue weighted by atomic mass is 10.1. The zero-order valence-electron chi connectivity index (χ0n) is 18.3. The Morgan fingerprint density at radius 1 is 0.938 bits per heavy atom. The Morgan fingerprint density at radius 3 is 2.44 bits per heavy atom. The van der Waals surface area contributed by atoms with Gasteiger partial charge in [0.05, 0.1) is 13.7 Å². The Balaban J connectivity index is 1.36. The van der Waals surface area contributed by atoms with E-state index in [1.807, 2.05) is 60.7 Å². The minimum Gasteiger partial charge on any atom is -0.497 e. The van der Waals surface area contributed by atoms with Crippen LogP contribution in [0.4, 0.5) is 5.69 Å². The molecule has 3 aromatic carbocycles. The summed E-state index contributed by atoms with van der Waals surface area (Å²) < 4.78 is 16.5. The number of anilines is 1. The van der Waals surface area contributed by atoms with Crippen molar-refractivity contribution in [3.63, 3.8) is 0 Å². The second-order valence-electron chi connectivity index (χ2n) is 7.62. The van der Waals surface area contributed by atoms with E-state index in [-0.39, 0.29) is 12.5 Å². The lowest BCUT2D eigenvalue weighted by Crippen LogP contribution is -2.37. The monoisotopic (exact) mass is 432 g/mol. The molecule has 0 aromatic heterocycles. The number of nitrogens with zero attached hydrogens (tertiary/aromatic N) is 1. The Morgan fingerprint density at radius 2 is 1.69 bits per heavy atom. The molecular weight excluding hydrogens is 404 g/mol. The first kappa shape index (κ1) is 21.6. The van der Waals surface area contributed by atoms with Crippen molar-refractivity contribution >= 4 is 11.6 Å². The maximum atomic E-state index is 12.7. The summed E-state index contributed by atoms with van der Waals surface area (Å²) in [5.41, 5.74) is 3.22. The van der Waals surface area contributed by atoms with Gasteiger partial charge >= 0.3 is 0 Å². The lowest BCUT2D eigenvalue weighted by Gasteiger charge is -2.25. The fraction of sp³-hybridized carbons (Fsp3) is 0.269. The van der Waals surface area contributed by atoms with Crippen LogP contribution in [0.5, 0.6) is 17.2 Å². The summed E-state index contributed by atoms with van der Waals surface area (Å²) in [4.78, 5) is 14.8. The predicted molar refractivity (Wildman–Crippen MR) is 125 cm³/mol. The van der Waals surface area contributed by atoms with E-state index in [1.54, 1.807) is 7.11 Å². The molecule has 0 spiro atoms. The van der Waals surface area contributed by atoms with E-state index in [2.05, 4.69) is 22.3 Å². The van der Waals surface area contributed by atoms with Gasteiger partial charge in [-0.3, -0.25) is 4.79 Å². The van der Waals surface area contributed by atoms with Gasteiger partial charge in [0.15, 0.2) is 11.5 Å². The molecule has 1 heterocycles. The standard InChI is InChI=1S/C26H28N2O4/c1-30-23-10-8-22(9-11-23)28(18-21-5-3-2-4-6-21)19-26(29)27-14-13-20-7-12-24-25(17-20)32-16-15-31-24/h2-12,17H,13-16,18-19H2,1H3,(H,27,29). The van der Waals surface area contributed by atoms with Crippen LogP contribution < -0.4 is 24.4 Å². The number of ether oxygens (including phenoxy) is 3. The van der Waals surface area contributed by atoms with E-state index in [1.165, 1.54) is 0 Å². The first-order valence-corrected chi connectivity index (χ1v) is 10.8. The van der Waals surface area contributed by atoms with Crippen LogP contribution in [0.1, 0.15) is 11.1 Å². The average molecular weight is 433 g/mol. The number of hydrogen-bond donors (Lipinski definition) is 1. The molecule has 1 amide bonds. The van der Waals surface area contributed by atoms with Gasteiger partial charge in [-0.2, -0.15) is 0 Å². The number of carbonyl (C=O) groups is 1. The third-order valence-corrected chi connectivity index (χ3v) is 5.33. The highest BCUT2D eigenvalue weighted by Crippen LogP contribution is 2.30. The highest BCUT2D eigenvalue weighted by Gasteiger charge is 2.14. The smallest absolute Gasteiger partial charge is 0.239 e. The first-order valence-electron chi connectivity index (χ1n) is 10.8. The molecule has 0 unspecified atom stereocenters. The highest BCUT2D eigenvalue weighted by atomic mass is 16.6. The molecule has 0 saturated heterocycles. The van der Waals surface area contributed by atoms with Crippen LogP contribution in [0.3, 0.4) is 0 Å². The zero-order chi connectivity index (χ0) is 22.2. The number of hydrogen-bond acceptors (Lipinski definition) is 5. The van der Waals surface area contributed by atoms with Crippen molar-refractivity contribution in [1.29, 1.82) is 0 Å². The average Bonchev–Trinajstić information content (AvgIpc) is 2.84. The summed E-state index contributed by atoms with van der Waals surface area (Å²) in [7, 11) is 1.64. The largest absolute Gasteiger partial charge is 0.497 e. The lowest BCUT2D eigenvalue weighted by molar-refractivity contribution is -0.119. The number of amides is 1. The molecule has 0 fully saturated rings. The Kier molecular flexibility index (Phi) is 7.12. The van der Waals surface area contributed by atoms with Crippen molar-refractivity contribution in [3.05, 3.63) is 83.9 Å². The van der Waals surface area contributed by atoms with Gasteiger partial charge in [-0.15, -0.1) is 0 Å². The molecule has 0 bridgehead atoms. The van der Waals surface area contributed by atoms with E-state index in [0.717, 1.165) is 40.5 Å². The summed E-state index contributed by atoms with van der Waals surface area (Å²) in [5.74, 6) is 2.32. The fourth-order valence-corrected chi connectivity index (χ4v) is 3.65. The van der Waals surface area contributed by atoms with Crippen LogP contribution in [0.2, 0.25) is 0 Å². The van der Waals surface area contributed by atoms with Crippen LogP contribution in [0, 0.1) is 0 Å². The summed E-state index contributed by atoms with van der Waals surface area (Å²) >= 11 is 0. The summed E-state index contributed by atoms with van der Waals surface area (Å²) in [5, 5.41) is 3.04. The number of carbonyl (C=O) groups excluding carboxylic acids is 1. The molecule has 0 radical (unpaired) electrons. The number of benzene rings is 3. The van der Waals surface area contributed by atoms with Gasteiger partial charge < -0.3 is 24.4 Å². The van der Waals surface area contributed by atoms with Crippen molar-refractivity contribution in [3.8, 4) is 17.2 Å². The zero-order valence-corrected chi connectivity index (χ0v) is 18.3. The number of nitrogens with one attached hydrogen (secondary N) is 1. The van der Waals surface area contributed by atoms with Crippen molar-refractivity contribution < 1.29 is 19.0 Å². The molecule has 32 heavy (non-hydrogen) atoms. The molecule has 3 aromatic rings. The van der Waals surface area contributed by atoms with E-state index in [0.29, 0.717) is 26.3 Å². The van der Waals surface area contributed by atoms with Crippen LogP contribution in [-0.4, -0.2) is 39.3 Å². The van der Waals surface area contributed by atoms with Gasteiger partial charge in [-0.25, -0.2) is 0 Å². The van der Waals surface area contributed by atoms with Crippen molar-refractivity contribution in [2.45, 2.75) is 13.0 Å². The molecule has 0 atom stereocenters. The predicted octanol–water partition coefficient (Wildman–Crippen LogP) is 3.83. The normalized spacial score (nSPS) is 12.2. The molecule has 166 valence electrons. The van der Waals surface area contributed by atoms with Crippen molar-refractivity contribution in [1.82, 2.24) is 5.32 Å². The molecule has 4 rings (SSSR count). The van der Waals surface area contributed by atoms with Crippen LogP contribution >= 0.6 is 0 Å². The molecule has 1 N–H and O–H groups in total. The van der Waals surface area contributed by atoms with Gasteiger partial charge in [-0.05, 0) is 53.9 Å². The van der Waals surface area contributed by atoms with E-state index in [4.69, 9.17) is 14.2 Å². The van der Waals surface area contributed by atoms with Crippen LogP contribution in [-0.2, 0) is 17.8 Å². The topological polar surface area (TPSA) is 60.0 Å². The van der Waals surface area contributed by atoms with Gasteiger partial charge in [-0.1, -0.05) is 36.4 Å². The van der Waals surface area contributed by atoms with Crippen LogP contribution in [0.25, 0.3) is 0 Å². The number of fused-ring (bicyclic) bond motifs is 1. The summed E-state index contributed by atoms with van der Waals surface area (Å²) in [6.07, 6.45) is 0.726. The highest BCUT2D eigenvalue weighted by molar-refractivity contribution is 5.81. The number of rotatable bonds is 9. The summed E-state index contributed by atoms with van der Waals surface area (Å²) in [6.45, 7) is 2.61. The van der Waals surface area contributed by atoms with E-state index in [9.17, 15) is 4.79 Å². The van der Waals surface area contributed by atoms with Gasteiger partial charge in [0.25, 0.3) is 0 Å². The van der Waals surface area contributed by atoms with Gasteiger partial charge in [0.2, 0.25) is 5.91 Å². The quantitative estimate of drug-likeness (QED) is 0.557. The van der Waals surface area contributed by atoms with Gasteiger partial charge in [0.1, 0.15) is 19.0 Å². The Hall–Kier alpha value is -3.67. The SMILES string of the molecule is COc1ccc(N(CC(=O)NCCc2ccc3c(c2)OCCO3)Cc2ccccc2)cc1. The first-order chi connectivity index (χ1) is 15.7.